The highest BCUT2D eigenvalue weighted by Crippen LogP contribution is 2.21. The Balaban J connectivity index is 3.17. The summed E-state index contributed by atoms with van der Waals surface area (Å²) >= 11 is 0. The van der Waals surface area contributed by atoms with E-state index in [1.54, 1.807) is 20.8 Å². The Hall–Kier alpha value is -1.05. The highest BCUT2D eigenvalue weighted by atomic mass is 32.2. The van der Waals surface area contributed by atoms with Gasteiger partial charge in [0.2, 0.25) is 10.0 Å². The molecule has 0 aliphatic heterocycles. The normalized spacial score (nSPS) is 12.7. The molecule has 108 valence electrons. The summed E-state index contributed by atoms with van der Waals surface area (Å²) < 4.78 is 52.9. The lowest BCUT2D eigenvalue weighted by Gasteiger charge is -2.19. The van der Waals surface area contributed by atoms with E-state index in [1.807, 2.05) is 0 Å². The first-order valence-electron chi connectivity index (χ1n) is 5.65. The lowest BCUT2D eigenvalue weighted by molar-refractivity contribution is 0.280. The number of halogens is 2. The number of benzene rings is 1. The summed E-state index contributed by atoms with van der Waals surface area (Å²) in [6, 6.07) is 1.68. The average molecular weight is 293 g/mol. The molecule has 2 N–H and O–H groups in total. The van der Waals surface area contributed by atoms with E-state index in [-0.39, 0.29) is 17.5 Å². The van der Waals surface area contributed by atoms with E-state index in [4.69, 9.17) is 5.11 Å². The minimum absolute atomic E-state index is 0.00460. The van der Waals surface area contributed by atoms with Crippen molar-refractivity contribution in [2.45, 2.75) is 32.3 Å². The molecule has 0 radical (unpaired) electrons. The summed E-state index contributed by atoms with van der Waals surface area (Å²) in [4.78, 5) is -0.791. The van der Waals surface area contributed by atoms with Crippen LogP contribution in [-0.4, -0.2) is 20.1 Å². The summed E-state index contributed by atoms with van der Waals surface area (Å²) in [6.07, 6.45) is 0. The van der Waals surface area contributed by atoms with Crippen LogP contribution < -0.4 is 4.72 Å². The summed E-state index contributed by atoms with van der Waals surface area (Å²) in [7, 11) is -4.16. The van der Waals surface area contributed by atoms with Gasteiger partial charge in [0, 0.05) is 6.54 Å². The molecular weight excluding hydrogens is 276 g/mol. The Morgan fingerprint density at radius 2 is 1.84 bits per heavy atom. The maximum Gasteiger partial charge on any atom is 0.243 e. The van der Waals surface area contributed by atoms with Gasteiger partial charge in [-0.3, -0.25) is 0 Å². The first-order chi connectivity index (χ1) is 8.57. The molecule has 0 unspecified atom stereocenters. The second kappa shape index (κ2) is 5.52. The molecule has 1 aromatic carbocycles. The van der Waals surface area contributed by atoms with Gasteiger partial charge in [0.1, 0.15) is 4.90 Å². The van der Waals surface area contributed by atoms with E-state index in [2.05, 4.69) is 4.72 Å². The molecule has 7 heteroatoms. The van der Waals surface area contributed by atoms with E-state index in [0.29, 0.717) is 0 Å². The number of hydrogen-bond acceptors (Lipinski definition) is 3. The predicted octanol–water partition coefficient (Wildman–Crippen LogP) is 1.78. The van der Waals surface area contributed by atoms with Gasteiger partial charge < -0.3 is 5.11 Å². The van der Waals surface area contributed by atoms with E-state index >= 15 is 0 Å². The predicted molar refractivity (Wildman–Crippen MR) is 66.9 cm³/mol. The van der Waals surface area contributed by atoms with Crippen molar-refractivity contribution < 1.29 is 22.3 Å². The lowest BCUT2D eigenvalue weighted by atomic mass is 9.98. The van der Waals surface area contributed by atoms with Gasteiger partial charge in [-0.2, -0.15) is 0 Å². The Labute approximate surface area is 111 Å². The van der Waals surface area contributed by atoms with E-state index in [0.717, 1.165) is 12.1 Å². The number of sulfonamides is 1. The largest absolute Gasteiger partial charge is 0.392 e. The van der Waals surface area contributed by atoms with Gasteiger partial charge in [-0.1, -0.05) is 20.8 Å². The van der Waals surface area contributed by atoms with Gasteiger partial charge in [-0.25, -0.2) is 21.9 Å². The van der Waals surface area contributed by atoms with Crippen molar-refractivity contribution in [2.75, 3.05) is 6.54 Å². The summed E-state index contributed by atoms with van der Waals surface area (Å²) in [5, 5.41) is 8.90. The second-order valence-electron chi connectivity index (χ2n) is 5.43. The van der Waals surface area contributed by atoms with Crippen LogP contribution in [0.15, 0.2) is 17.0 Å². The van der Waals surface area contributed by atoms with Gasteiger partial charge in [0.15, 0.2) is 11.6 Å². The monoisotopic (exact) mass is 293 g/mol. The Morgan fingerprint density at radius 1 is 1.26 bits per heavy atom. The molecule has 0 saturated heterocycles. The van der Waals surface area contributed by atoms with Crippen LogP contribution >= 0.6 is 0 Å². The van der Waals surface area contributed by atoms with Gasteiger partial charge in [-0.15, -0.1) is 0 Å². The van der Waals surface area contributed by atoms with Crippen molar-refractivity contribution in [1.29, 1.82) is 0 Å². The molecule has 19 heavy (non-hydrogen) atoms. The molecule has 0 heterocycles. The van der Waals surface area contributed by atoms with Gasteiger partial charge in [0.05, 0.1) is 6.61 Å². The van der Waals surface area contributed by atoms with Gasteiger partial charge in [0.25, 0.3) is 0 Å². The zero-order valence-corrected chi connectivity index (χ0v) is 11.8. The van der Waals surface area contributed by atoms with Gasteiger partial charge >= 0.3 is 0 Å². The first-order valence-corrected chi connectivity index (χ1v) is 7.13. The molecule has 1 rings (SSSR count). The third-order valence-corrected chi connectivity index (χ3v) is 3.72. The molecular formula is C12H17F2NO3S. The molecule has 4 nitrogen and oxygen atoms in total. The number of hydrogen-bond donors (Lipinski definition) is 2. The van der Waals surface area contributed by atoms with E-state index in [1.165, 1.54) is 0 Å². The molecule has 0 amide bonds. The molecule has 0 aromatic heterocycles. The number of rotatable bonds is 4. The number of aliphatic hydroxyl groups excluding tert-OH is 1. The molecule has 0 bridgehead atoms. The van der Waals surface area contributed by atoms with Crippen LogP contribution in [0.4, 0.5) is 8.78 Å². The zero-order valence-electron chi connectivity index (χ0n) is 11.0. The second-order valence-corrected chi connectivity index (χ2v) is 7.17. The molecule has 0 saturated carbocycles. The van der Waals surface area contributed by atoms with Crippen LogP contribution in [0.1, 0.15) is 26.3 Å². The maximum atomic E-state index is 13.6. The smallest absolute Gasteiger partial charge is 0.243 e. The highest BCUT2D eigenvalue weighted by Gasteiger charge is 2.24. The molecule has 0 fully saturated rings. The molecule has 0 spiro atoms. The van der Waals surface area contributed by atoms with Crippen LogP contribution in [0, 0.1) is 17.0 Å². The van der Waals surface area contributed by atoms with Crippen LogP contribution in [0.25, 0.3) is 0 Å². The lowest BCUT2D eigenvalue weighted by Crippen LogP contribution is -2.33. The number of nitrogens with one attached hydrogen (secondary N) is 1. The van der Waals surface area contributed by atoms with Crippen molar-refractivity contribution in [2.24, 2.45) is 5.41 Å². The molecule has 1 aromatic rings. The van der Waals surface area contributed by atoms with Crippen molar-refractivity contribution in [1.82, 2.24) is 4.72 Å². The fourth-order valence-corrected chi connectivity index (χ4v) is 2.71. The third kappa shape index (κ3) is 4.22. The van der Waals surface area contributed by atoms with Crippen LogP contribution in [-0.2, 0) is 16.6 Å². The average Bonchev–Trinajstić information content (AvgIpc) is 2.29. The van der Waals surface area contributed by atoms with Crippen molar-refractivity contribution in [3.8, 4) is 0 Å². The van der Waals surface area contributed by atoms with E-state index in [9.17, 15) is 17.2 Å². The topological polar surface area (TPSA) is 66.4 Å². The van der Waals surface area contributed by atoms with Crippen LogP contribution in [0.2, 0.25) is 0 Å². The minimum Gasteiger partial charge on any atom is -0.392 e. The van der Waals surface area contributed by atoms with Crippen LogP contribution in [0.5, 0.6) is 0 Å². The number of aliphatic hydroxyl groups is 1. The summed E-state index contributed by atoms with van der Waals surface area (Å²) in [5.74, 6) is -2.75. The maximum absolute atomic E-state index is 13.6. The fourth-order valence-electron chi connectivity index (χ4n) is 1.29. The standard InChI is InChI=1S/C12H17F2NO3S/c1-12(2,3)7-15-19(17,18)10-5-8(6-16)4-9(13)11(10)14/h4-5,15-16H,6-7H2,1-3H3. The minimum atomic E-state index is -4.16. The first kappa shape index (κ1) is 16.0. The Bertz CT molecular complexity index is 565. The van der Waals surface area contributed by atoms with Crippen molar-refractivity contribution >= 4 is 10.0 Å². The zero-order chi connectivity index (χ0) is 14.8. The SMILES string of the molecule is CC(C)(C)CNS(=O)(=O)c1cc(CO)cc(F)c1F. The summed E-state index contributed by atoms with van der Waals surface area (Å²) in [6.45, 7) is 4.92. The van der Waals surface area contributed by atoms with Crippen LogP contribution in [0.3, 0.4) is 0 Å². The summed E-state index contributed by atoms with van der Waals surface area (Å²) in [5.41, 5.74) is -0.341. The van der Waals surface area contributed by atoms with Gasteiger partial charge in [-0.05, 0) is 23.1 Å². The molecule has 0 atom stereocenters. The quantitative estimate of drug-likeness (QED) is 0.889. The highest BCUT2D eigenvalue weighted by molar-refractivity contribution is 7.89. The molecule has 0 aliphatic rings. The third-order valence-electron chi connectivity index (χ3n) is 2.32. The van der Waals surface area contributed by atoms with E-state index < -0.39 is 33.2 Å². The van der Waals surface area contributed by atoms with Crippen molar-refractivity contribution in [3.63, 3.8) is 0 Å². The fraction of sp³-hybridized carbons (Fsp3) is 0.500. The van der Waals surface area contributed by atoms with Crippen molar-refractivity contribution in [3.05, 3.63) is 29.3 Å². The molecule has 0 aliphatic carbocycles. The Morgan fingerprint density at radius 3 is 2.32 bits per heavy atom. The Kier molecular flexibility index (Phi) is 4.65.